The van der Waals surface area contributed by atoms with E-state index in [1.165, 1.54) is 24.1 Å². The lowest BCUT2D eigenvalue weighted by Crippen LogP contribution is -2.54. The van der Waals surface area contributed by atoms with E-state index < -0.39 is 0 Å². The number of morpholine rings is 1. The maximum absolute atomic E-state index is 13.4. The number of ether oxygens (including phenoxy) is 1. The van der Waals surface area contributed by atoms with Crippen LogP contribution in [0.2, 0.25) is 0 Å². The van der Waals surface area contributed by atoms with Crippen molar-refractivity contribution in [1.29, 1.82) is 0 Å². The van der Waals surface area contributed by atoms with Gasteiger partial charge in [0.1, 0.15) is 0 Å². The fourth-order valence-electron chi connectivity index (χ4n) is 6.50. The van der Waals surface area contributed by atoms with Crippen molar-refractivity contribution in [2.45, 2.75) is 76.8 Å². The lowest BCUT2D eigenvalue weighted by Gasteiger charge is -2.45. The number of piperidine rings is 1. The van der Waals surface area contributed by atoms with E-state index in [-0.39, 0.29) is 5.91 Å². The third-order valence-corrected chi connectivity index (χ3v) is 8.22. The molecule has 0 spiro atoms. The molecule has 1 amide bonds. The standard InChI is InChI=1S/C28H41N5O2/c1-20-17-33(18-21(2)35-20)23-12-14-32(15-13-23)24-10-11-26-25(16-24)27(29-31(26)4)28(34)30(3)19-22-8-6-5-7-9-22/h5-9,20-21,23-24H,10-19H2,1-4H3/t20-,21+,24?. The molecule has 3 atom stereocenters. The second kappa shape index (κ2) is 10.4. The molecule has 3 heterocycles. The molecule has 2 aliphatic heterocycles. The minimum absolute atomic E-state index is 0.0284. The van der Waals surface area contributed by atoms with E-state index in [2.05, 4.69) is 35.8 Å². The molecule has 2 aromatic rings. The molecule has 35 heavy (non-hydrogen) atoms. The second-order valence-electron chi connectivity index (χ2n) is 10.9. The first-order valence-electron chi connectivity index (χ1n) is 13.4. The van der Waals surface area contributed by atoms with Gasteiger partial charge in [-0.15, -0.1) is 0 Å². The molecule has 190 valence electrons. The Kier molecular flexibility index (Phi) is 7.28. The molecule has 1 aromatic heterocycles. The minimum Gasteiger partial charge on any atom is -0.373 e. The van der Waals surface area contributed by atoms with Crippen LogP contribution >= 0.6 is 0 Å². The highest BCUT2D eigenvalue weighted by atomic mass is 16.5. The first-order chi connectivity index (χ1) is 16.9. The van der Waals surface area contributed by atoms with E-state index in [4.69, 9.17) is 9.84 Å². The molecule has 1 aliphatic carbocycles. The van der Waals surface area contributed by atoms with Gasteiger partial charge in [-0.3, -0.25) is 19.3 Å². The average Bonchev–Trinajstić information content (AvgIpc) is 3.19. The number of carbonyl (C=O) groups is 1. The van der Waals surface area contributed by atoms with Crippen molar-refractivity contribution in [2.75, 3.05) is 33.2 Å². The number of likely N-dealkylation sites (tertiary alicyclic amines) is 1. The number of benzene rings is 1. The molecule has 1 aromatic carbocycles. The quantitative estimate of drug-likeness (QED) is 0.660. The SMILES string of the molecule is C[C@@H]1CN(C2CCN(C3CCc4c(c(C(=O)N(C)Cc5ccccc5)nn4C)C3)CC2)C[C@H](C)O1. The summed E-state index contributed by atoms with van der Waals surface area (Å²) in [5.41, 5.74) is 4.20. The molecule has 5 rings (SSSR count). The summed E-state index contributed by atoms with van der Waals surface area (Å²) < 4.78 is 7.89. The van der Waals surface area contributed by atoms with Gasteiger partial charge in [0.05, 0.1) is 12.2 Å². The van der Waals surface area contributed by atoms with Gasteiger partial charge in [0.2, 0.25) is 0 Å². The van der Waals surface area contributed by atoms with Crippen molar-refractivity contribution >= 4 is 5.91 Å². The predicted octanol–water partition coefficient (Wildman–Crippen LogP) is 3.12. The molecule has 7 nitrogen and oxygen atoms in total. The van der Waals surface area contributed by atoms with E-state index in [1.807, 2.05) is 37.0 Å². The van der Waals surface area contributed by atoms with Crippen LogP contribution in [0.4, 0.5) is 0 Å². The zero-order valence-corrected chi connectivity index (χ0v) is 21.8. The zero-order chi connectivity index (χ0) is 24.5. The summed E-state index contributed by atoms with van der Waals surface area (Å²) in [6.07, 6.45) is 6.18. The number of aromatic nitrogens is 2. The van der Waals surface area contributed by atoms with Crippen LogP contribution < -0.4 is 0 Å². The van der Waals surface area contributed by atoms with Crippen LogP contribution in [-0.4, -0.2) is 87.9 Å². The molecule has 2 saturated heterocycles. The fraction of sp³-hybridized carbons (Fsp3) is 0.643. The number of hydrogen-bond donors (Lipinski definition) is 0. The molecule has 1 unspecified atom stereocenters. The smallest absolute Gasteiger partial charge is 0.274 e. The molecule has 7 heteroatoms. The van der Waals surface area contributed by atoms with E-state index in [0.717, 1.165) is 51.0 Å². The summed E-state index contributed by atoms with van der Waals surface area (Å²) >= 11 is 0. The molecule has 0 bridgehead atoms. The predicted molar refractivity (Wildman–Crippen MR) is 137 cm³/mol. The first-order valence-corrected chi connectivity index (χ1v) is 13.4. The van der Waals surface area contributed by atoms with Gasteiger partial charge in [-0.25, -0.2) is 0 Å². The van der Waals surface area contributed by atoms with Gasteiger partial charge in [0.25, 0.3) is 5.91 Å². The zero-order valence-electron chi connectivity index (χ0n) is 21.8. The molecule has 2 fully saturated rings. The molecule has 3 aliphatic rings. The molecular formula is C28H41N5O2. The Morgan fingerprint density at radius 2 is 1.71 bits per heavy atom. The molecule has 0 radical (unpaired) electrons. The maximum Gasteiger partial charge on any atom is 0.274 e. The largest absolute Gasteiger partial charge is 0.373 e. The minimum atomic E-state index is 0.0284. The summed E-state index contributed by atoms with van der Waals surface area (Å²) in [5.74, 6) is 0.0284. The molecule has 0 N–H and O–H groups in total. The molecular weight excluding hydrogens is 438 g/mol. The van der Waals surface area contributed by atoms with Gasteiger partial charge in [-0.05, 0) is 64.6 Å². The Bertz CT molecular complexity index is 1000. The third kappa shape index (κ3) is 5.32. The van der Waals surface area contributed by atoms with E-state index in [9.17, 15) is 4.79 Å². The van der Waals surface area contributed by atoms with Gasteiger partial charge < -0.3 is 9.64 Å². The van der Waals surface area contributed by atoms with Crippen molar-refractivity contribution in [3.63, 3.8) is 0 Å². The van der Waals surface area contributed by atoms with E-state index in [0.29, 0.717) is 36.5 Å². The monoisotopic (exact) mass is 479 g/mol. The lowest BCUT2D eigenvalue weighted by atomic mass is 9.88. The number of aryl methyl sites for hydroxylation is 1. The maximum atomic E-state index is 13.4. The van der Waals surface area contributed by atoms with Crippen LogP contribution in [0.5, 0.6) is 0 Å². The summed E-state index contributed by atoms with van der Waals surface area (Å²) in [6.45, 7) is 9.38. The Morgan fingerprint density at radius 3 is 2.40 bits per heavy atom. The van der Waals surface area contributed by atoms with Crippen LogP contribution in [0, 0.1) is 0 Å². The first kappa shape index (κ1) is 24.5. The molecule has 0 saturated carbocycles. The Hall–Kier alpha value is -2.22. The summed E-state index contributed by atoms with van der Waals surface area (Å²) in [5, 5.41) is 4.71. The second-order valence-corrected chi connectivity index (χ2v) is 10.9. The Morgan fingerprint density at radius 1 is 1.03 bits per heavy atom. The van der Waals surface area contributed by atoms with Crippen molar-refractivity contribution in [1.82, 2.24) is 24.5 Å². The van der Waals surface area contributed by atoms with Crippen molar-refractivity contribution < 1.29 is 9.53 Å². The number of rotatable bonds is 5. The fourth-order valence-corrected chi connectivity index (χ4v) is 6.50. The Labute approximate surface area is 210 Å². The lowest BCUT2D eigenvalue weighted by molar-refractivity contribution is -0.0875. The van der Waals surface area contributed by atoms with E-state index >= 15 is 0 Å². The van der Waals surface area contributed by atoms with Crippen molar-refractivity contribution in [3.05, 3.63) is 52.8 Å². The highest BCUT2D eigenvalue weighted by Gasteiger charge is 2.35. The highest BCUT2D eigenvalue weighted by Crippen LogP contribution is 2.30. The van der Waals surface area contributed by atoms with Crippen LogP contribution in [-0.2, 0) is 31.2 Å². The number of amides is 1. The van der Waals surface area contributed by atoms with Crippen molar-refractivity contribution in [2.24, 2.45) is 7.05 Å². The highest BCUT2D eigenvalue weighted by molar-refractivity contribution is 5.94. The van der Waals surface area contributed by atoms with Crippen LogP contribution in [0.25, 0.3) is 0 Å². The summed E-state index contributed by atoms with van der Waals surface area (Å²) in [4.78, 5) is 20.6. The van der Waals surface area contributed by atoms with Crippen LogP contribution in [0.15, 0.2) is 30.3 Å². The van der Waals surface area contributed by atoms with Gasteiger partial charge in [-0.1, -0.05) is 30.3 Å². The Balaban J connectivity index is 1.22. The van der Waals surface area contributed by atoms with Crippen molar-refractivity contribution in [3.8, 4) is 0 Å². The topological polar surface area (TPSA) is 53.8 Å². The van der Waals surface area contributed by atoms with Gasteiger partial charge in [-0.2, -0.15) is 5.10 Å². The third-order valence-electron chi connectivity index (χ3n) is 8.22. The number of fused-ring (bicyclic) bond motifs is 1. The van der Waals surface area contributed by atoms with Crippen LogP contribution in [0.1, 0.15) is 60.4 Å². The summed E-state index contributed by atoms with van der Waals surface area (Å²) in [7, 11) is 3.87. The van der Waals surface area contributed by atoms with Gasteiger partial charge in [0, 0.05) is 57.1 Å². The van der Waals surface area contributed by atoms with Gasteiger partial charge in [0.15, 0.2) is 5.69 Å². The average molecular weight is 480 g/mol. The number of carbonyl (C=O) groups excluding carboxylic acids is 1. The summed E-state index contributed by atoms with van der Waals surface area (Å²) in [6, 6.07) is 11.3. The van der Waals surface area contributed by atoms with Crippen LogP contribution in [0.3, 0.4) is 0 Å². The van der Waals surface area contributed by atoms with E-state index in [1.54, 1.807) is 4.90 Å². The normalized spacial score (nSPS) is 26.5. The number of hydrogen-bond acceptors (Lipinski definition) is 5. The number of nitrogens with zero attached hydrogens (tertiary/aromatic N) is 5. The van der Waals surface area contributed by atoms with Gasteiger partial charge >= 0.3 is 0 Å².